The van der Waals surface area contributed by atoms with Crippen LogP contribution in [0.2, 0.25) is 0 Å². The van der Waals surface area contributed by atoms with E-state index in [1.54, 1.807) is 6.07 Å². The molecule has 0 aliphatic heterocycles. The first kappa shape index (κ1) is 19.7. The minimum absolute atomic E-state index is 0.0401. The molecule has 0 bridgehead atoms. The Bertz CT molecular complexity index is 785. The van der Waals surface area contributed by atoms with Crippen molar-refractivity contribution in [3.05, 3.63) is 70.3 Å². The molecule has 0 aliphatic rings. The maximum atomic E-state index is 12.2. The van der Waals surface area contributed by atoms with Gasteiger partial charge in [-0.3, -0.25) is 9.59 Å². The molecule has 0 heterocycles. The van der Waals surface area contributed by atoms with E-state index in [0.29, 0.717) is 12.1 Å². The van der Waals surface area contributed by atoms with Crippen molar-refractivity contribution in [3.8, 4) is 0 Å². The quantitative estimate of drug-likeness (QED) is 0.804. The number of nitrogens with one attached hydrogen (secondary N) is 2. The minimum atomic E-state index is -0.240. The standard InChI is InChI=1S/C21H27N3O2/c1-15-9-10-17(11-16(15)2)21(26)23-13-20(25)22-12-18-7-5-6-8-19(18)14-24(3)4/h5-11H,12-14H2,1-4H3,(H,22,25)(H,23,26). The van der Waals surface area contributed by atoms with Crippen LogP contribution in [-0.2, 0) is 17.9 Å². The van der Waals surface area contributed by atoms with Gasteiger partial charge in [0.15, 0.2) is 0 Å². The van der Waals surface area contributed by atoms with Crippen LogP contribution in [0.5, 0.6) is 0 Å². The molecule has 0 radical (unpaired) electrons. The van der Waals surface area contributed by atoms with Crippen LogP contribution in [0.15, 0.2) is 42.5 Å². The van der Waals surface area contributed by atoms with Gasteiger partial charge in [-0.15, -0.1) is 0 Å². The molecular formula is C21H27N3O2. The van der Waals surface area contributed by atoms with Crippen LogP contribution >= 0.6 is 0 Å². The topological polar surface area (TPSA) is 61.4 Å². The SMILES string of the molecule is Cc1ccc(C(=O)NCC(=O)NCc2ccccc2CN(C)C)cc1C. The monoisotopic (exact) mass is 353 g/mol. The van der Waals surface area contributed by atoms with E-state index < -0.39 is 0 Å². The van der Waals surface area contributed by atoms with Crippen molar-refractivity contribution in [3.63, 3.8) is 0 Å². The number of amides is 2. The number of hydrogen-bond donors (Lipinski definition) is 2. The fraction of sp³-hybridized carbons (Fsp3) is 0.333. The second-order valence-electron chi connectivity index (χ2n) is 6.76. The number of benzene rings is 2. The molecule has 2 aromatic carbocycles. The zero-order chi connectivity index (χ0) is 19.1. The van der Waals surface area contributed by atoms with Crippen LogP contribution in [0.4, 0.5) is 0 Å². The van der Waals surface area contributed by atoms with Crippen molar-refractivity contribution in [1.29, 1.82) is 0 Å². The van der Waals surface area contributed by atoms with E-state index in [9.17, 15) is 9.59 Å². The van der Waals surface area contributed by atoms with E-state index in [1.165, 1.54) is 5.56 Å². The van der Waals surface area contributed by atoms with Gasteiger partial charge < -0.3 is 15.5 Å². The smallest absolute Gasteiger partial charge is 0.251 e. The highest BCUT2D eigenvalue weighted by atomic mass is 16.2. The number of hydrogen-bond acceptors (Lipinski definition) is 3. The molecule has 5 nitrogen and oxygen atoms in total. The summed E-state index contributed by atoms with van der Waals surface area (Å²) in [5, 5.41) is 5.54. The molecule has 5 heteroatoms. The molecule has 0 aliphatic carbocycles. The molecule has 0 saturated heterocycles. The van der Waals surface area contributed by atoms with Gasteiger partial charge in [0.2, 0.25) is 5.91 Å². The highest BCUT2D eigenvalue weighted by Gasteiger charge is 2.10. The average Bonchev–Trinajstić information content (AvgIpc) is 2.60. The molecule has 0 aromatic heterocycles. The van der Waals surface area contributed by atoms with Gasteiger partial charge in [0.1, 0.15) is 0 Å². The van der Waals surface area contributed by atoms with Crippen LogP contribution in [0.3, 0.4) is 0 Å². The second kappa shape index (κ2) is 9.15. The first-order valence-corrected chi connectivity index (χ1v) is 8.70. The molecule has 0 atom stereocenters. The number of carbonyl (C=O) groups excluding carboxylic acids is 2. The predicted molar refractivity (Wildman–Crippen MR) is 104 cm³/mol. The number of nitrogens with zero attached hydrogens (tertiary/aromatic N) is 1. The highest BCUT2D eigenvalue weighted by molar-refractivity contribution is 5.96. The van der Waals surface area contributed by atoms with Crippen LogP contribution in [0.1, 0.15) is 32.6 Å². The number of carbonyl (C=O) groups is 2. The third-order valence-electron chi connectivity index (χ3n) is 4.26. The van der Waals surface area contributed by atoms with E-state index in [0.717, 1.165) is 23.2 Å². The molecule has 0 fully saturated rings. The lowest BCUT2D eigenvalue weighted by molar-refractivity contribution is -0.120. The van der Waals surface area contributed by atoms with Crippen molar-refractivity contribution in [2.24, 2.45) is 0 Å². The van der Waals surface area contributed by atoms with E-state index in [4.69, 9.17) is 0 Å². The van der Waals surface area contributed by atoms with Crippen molar-refractivity contribution in [1.82, 2.24) is 15.5 Å². The Kier molecular flexibility index (Phi) is 6.92. The highest BCUT2D eigenvalue weighted by Crippen LogP contribution is 2.11. The van der Waals surface area contributed by atoms with Gasteiger partial charge in [-0.05, 0) is 62.3 Å². The summed E-state index contributed by atoms with van der Waals surface area (Å²) in [6.45, 7) is 5.18. The summed E-state index contributed by atoms with van der Waals surface area (Å²) in [6.07, 6.45) is 0. The van der Waals surface area contributed by atoms with E-state index in [1.807, 2.05) is 58.3 Å². The Labute approximate surface area is 155 Å². The fourth-order valence-corrected chi connectivity index (χ4v) is 2.63. The lowest BCUT2D eigenvalue weighted by Crippen LogP contribution is -2.36. The Morgan fingerprint density at radius 2 is 1.62 bits per heavy atom. The zero-order valence-corrected chi connectivity index (χ0v) is 15.9. The summed E-state index contributed by atoms with van der Waals surface area (Å²) >= 11 is 0. The molecule has 0 unspecified atom stereocenters. The fourth-order valence-electron chi connectivity index (χ4n) is 2.63. The lowest BCUT2D eigenvalue weighted by Gasteiger charge is -2.15. The maximum Gasteiger partial charge on any atom is 0.251 e. The summed E-state index contributed by atoms with van der Waals surface area (Å²) in [5.41, 5.74) is 5.01. The van der Waals surface area contributed by atoms with E-state index in [-0.39, 0.29) is 18.4 Å². The Hall–Kier alpha value is -2.66. The number of rotatable bonds is 7. The molecule has 0 spiro atoms. The van der Waals surface area contributed by atoms with Crippen molar-refractivity contribution < 1.29 is 9.59 Å². The summed E-state index contributed by atoms with van der Waals surface area (Å²) in [6, 6.07) is 13.5. The molecule has 0 saturated carbocycles. The van der Waals surface area contributed by atoms with E-state index in [2.05, 4.69) is 21.6 Å². The molecule has 2 amide bonds. The van der Waals surface area contributed by atoms with Crippen LogP contribution < -0.4 is 10.6 Å². The predicted octanol–water partition coefficient (Wildman–Crippen LogP) is 2.41. The lowest BCUT2D eigenvalue weighted by atomic mass is 10.1. The molecule has 138 valence electrons. The molecule has 2 aromatic rings. The first-order chi connectivity index (χ1) is 12.4. The van der Waals surface area contributed by atoms with Gasteiger partial charge in [0.25, 0.3) is 5.91 Å². The largest absolute Gasteiger partial charge is 0.350 e. The molecular weight excluding hydrogens is 326 g/mol. The molecule has 2 N–H and O–H groups in total. The summed E-state index contributed by atoms with van der Waals surface area (Å²) < 4.78 is 0. The Balaban J connectivity index is 1.86. The van der Waals surface area contributed by atoms with E-state index >= 15 is 0 Å². The van der Waals surface area contributed by atoms with Gasteiger partial charge in [0.05, 0.1) is 6.54 Å². The molecule has 2 rings (SSSR count). The van der Waals surface area contributed by atoms with Gasteiger partial charge in [-0.1, -0.05) is 30.3 Å². The molecule has 26 heavy (non-hydrogen) atoms. The van der Waals surface area contributed by atoms with Crippen LogP contribution in [0, 0.1) is 13.8 Å². The number of aryl methyl sites for hydroxylation is 2. The van der Waals surface area contributed by atoms with Crippen LogP contribution in [-0.4, -0.2) is 37.4 Å². The Morgan fingerprint density at radius 1 is 0.923 bits per heavy atom. The van der Waals surface area contributed by atoms with Gasteiger partial charge >= 0.3 is 0 Å². The van der Waals surface area contributed by atoms with Gasteiger partial charge in [0, 0.05) is 18.7 Å². The van der Waals surface area contributed by atoms with Crippen molar-refractivity contribution in [2.45, 2.75) is 26.9 Å². The van der Waals surface area contributed by atoms with Crippen molar-refractivity contribution >= 4 is 11.8 Å². The minimum Gasteiger partial charge on any atom is -0.350 e. The summed E-state index contributed by atoms with van der Waals surface area (Å²) in [5.74, 6) is -0.446. The average molecular weight is 353 g/mol. The Morgan fingerprint density at radius 3 is 2.27 bits per heavy atom. The second-order valence-corrected chi connectivity index (χ2v) is 6.76. The zero-order valence-electron chi connectivity index (χ0n) is 15.9. The third-order valence-corrected chi connectivity index (χ3v) is 4.26. The summed E-state index contributed by atoms with van der Waals surface area (Å²) in [7, 11) is 4.02. The normalized spacial score (nSPS) is 10.7. The van der Waals surface area contributed by atoms with Gasteiger partial charge in [-0.2, -0.15) is 0 Å². The summed E-state index contributed by atoms with van der Waals surface area (Å²) in [4.78, 5) is 26.3. The third kappa shape index (κ3) is 5.70. The van der Waals surface area contributed by atoms with Crippen molar-refractivity contribution in [2.75, 3.05) is 20.6 Å². The van der Waals surface area contributed by atoms with Gasteiger partial charge in [-0.25, -0.2) is 0 Å². The first-order valence-electron chi connectivity index (χ1n) is 8.70. The maximum absolute atomic E-state index is 12.2. The van der Waals surface area contributed by atoms with Crippen LogP contribution in [0.25, 0.3) is 0 Å².